The summed E-state index contributed by atoms with van der Waals surface area (Å²) in [4.78, 5) is 19.0. The Morgan fingerprint density at radius 2 is 1.90 bits per heavy atom. The van der Waals surface area contributed by atoms with Gasteiger partial charge < -0.3 is 20.0 Å². The first-order valence-electron chi connectivity index (χ1n) is 10.6. The lowest BCUT2D eigenvalue weighted by Crippen LogP contribution is -2.41. The van der Waals surface area contributed by atoms with E-state index in [2.05, 4.69) is 20.5 Å². The van der Waals surface area contributed by atoms with Crippen molar-refractivity contribution in [3.63, 3.8) is 0 Å². The third-order valence-electron chi connectivity index (χ3n) is 6.27. The van der Waals surface area contributed by atoms with Gasteiger partial charge in [0.15, 0.2) is 11.7 Å². The molecule has 0 bridgehead atoms. The van der Waals surface area contributed by atoms with Crippen molar-refractivity contribution in [3.8, 4) is 0 Å². The molecule has 30 heavy (non-hydrogen) atoms. The highest BCUT2D eigenvalue weighted by atomic mass is 127. The van der Waals surface area contributed by atoms with Crippen LogP contribution in [0, 0.1) is 5.41 Å². The third kappa shape index (κ3) is 5.36. The average Bonchev–Trinajstić information content (AvgIpc) is 3.42. The summed E-state index contributed by atoms with van der Waals surface area (Å²) in [7, 11) is 1.86. The Morgan fingerprint density at radius 3 is 2.57 bits per heavy atom. The highest BCUT2D eigenvalue weighted by Crippen LogP contribution is 2.43. The number of nitrogens with zero attached hydrogens (tertiary/aromatic N) is 2. The predicted octanol–water partition coefficient (Wildman–Crippen LogP) is 4.88. The van der Waals surface area contributed by atoms with Crippen LogP contribution >= 0.6 is 24.0 Å². The Balaban J connectivity index is 0.00000256. The fourth-order valence-corrected chi connectivity index (χ4v) is 4.65. The van der Waals surface area contributed by atoms with E-state index in [-0.39, 0.29) is 29.9 Å². The van der Waals surface area contributed by atoms with Crippen LogP contribution in [0.5, 0.6) is 0 Å². The first-order valence-corrected chi connectivity index (χ1v) is 10.6. The summed E-state index contributed by atoms with van der Waals surface area (Å²) in [6.07, 6.45) is 9.67. The van der Waals surface area contributed by atoms with Gasteiger partial charge in [0.1, 0.15) is 0 Å². The number of hydrogen-bond acceptors (Lipinski definition) is 3. The van der Waals surface area contributed by atoms with E-state index >= 15 is 0 Å². The molecule has 7 heteroatoms. The van der Waals surface area contributed by atoms with E-state index in [4.69, 9.17) is 4.42 Å². The molecule has 2 aliphatic rings. The summed E-state index contributed by atoms with van der Waals surface area (Å²) in [5.41, 5.74) is 2.41. The molecule has 1 saturated heterocycles. The molecule has 2 N–H and O–H groups in total. The highest BCUT2D eigenvalue weighted by Gasteiger charge is 2.39. The molecule has 1 aliphatic heterocycles. The molecule has 1 aromatic heterocycles. The molecule has 2 aromatic rings. The number of nitrogens with one attached hydrogen (secondary N) is 2. The average molecular weight is 522 g/mol. The zero-order valence-corrected chi connectivity index (χ0v) is 19.9. The van der Waals surface area contributed by atoms with E-state index in [0.717, 1.165) is 30.3 Å². The van der Waals surface area contributed by atoms with Gasteiger partial charge in [0, 0.05) is 32.4 Å². The number of rotatable bonds is 4. The van der Waals surface area contributed by atoms with Gasteiger partial charge in [-0.1, -0.05) is 31.4 Å². The van der Waals surface area contributed by atoms with Gasteiger partial charge in [-0.25, -0.2) is 0 Å². The Kier molecular flexibility index (Phi) is 7.80. The van der Waals surface area contributed by atoms with Gasteiger partial charge >= 0.3 is 0 Å². The molecule has 0 unspecified atom stereocenters. The van der Waals surface area contributed by atoms with Gasteiger partial charge in [0.25, 0.3) is 5.91 Å². The van der Waals surface area contributed by atoms with Crippen LogP contribution in [0.4, 0.5) is 5.69 Å². The van der Waals surface area contributed by atoms with Crippen molar-refractivity contribution < 1.29 is 9.21 Å². The Hall–Kier alpha value is -2.03. The Bertz CT molecular complexity index is 843. The van der Waals surface area contributed by atoms with Gasteiger partial charge in [-0.05, 0) is 54.5 Å². The van der Waals surface area contributed by atoms with Gasteiger partial charge in [-0.3, -0.25) is 9.79 Å². The summed E-state index contributed by atoms with van der Waals surface area (Å²) in [6, 6.07) is 11.2. The van der Waals surface area contributed by atoms with Crippen molar-refractivity contribution in [3.05, 3.63) is 54.0 Å². The molecule has 1 spiro atoms. The molecular formula is C23H31IN4O2. The lowest BCUT2D eigenvalue weighted by Gasteiger charge is -2.33. The van der Waals surface area contributed by atoms with Crippen molar-refractivity contribution in [1.29, 1.82) is 0 Å². The van der Waals surface area contributed by atoms with Crippen molar-refractivity contribution in [1.82, 2.24) is 10.2 Å². The minimum Gasteiger partial charge on any atom is -0.459 e. The number of carbonyl (C=O) groups excluding carboxylic acids is 1. The number of amides is 1. The Morgan fingerprint density at radius 1 is 1.13 bits per heavy atom. The number of likely N-dealkylation sites (tertiary alicyclic amines) is 1. The van der Waals surface area contributed by atoms with Crippen molar-refractivity contribution >= 4 is 41.5 Å². The van der Waals surface area contributed by atoms with Crippen molar-refractivity contribution in [2.24, 2.45) is 10.4 Å². The molecule has 0 atom stereocenters. The molecule has 1 amide bonds. The number of aliphatic imine (C=N–C) groups is 1. The number of carbonyl (C=O) groups is 1. The lowest BCUT2D eigenvalue weighted by molar-refractivity contribution is 0.0996. The largest absolute Gasteiger partial charge is 0.459 e. The molecule has 1 saturated carbocycles. The molecule has 1 aliphatic carbocycles. The SMILES string of the molecule is CN=C(NCc1ccc(NC(=O)c2ccco2)cc1)N1CCC2(CCCCC2)C1.I. The third-order valence-corrected chi connectivity index (χ3v) is 6.27. The zero-order chi connectivity index (χ0) is 20.1. The second-order valence-electron chi connectivity index (χ2n) is 8.26. The summed E-state index contributed by atoms with van der Waals surface area (Å²) in [5.74, 6) is 1.05. The quantitative estimate of drug-likeness (QED) is 0.341. The van der Waals surface area contributed by atoms with Crippen LogP contribution in [-0.2, 0) is 6.54 Å². The van der Waals surface area contributed by atoms with E-state index in [1.54, 1.807) is 12.1 Å². The minimum absolute atomic E-state index is 0. The van der Waals surface area contributed by atoms with Crippen LogP contribution in [0.1, 0.15) is 54.6 Å². The van der Waals surface area contributed by atoms with Crippen LogP contribution in [0.3, 0.4) is 0 Å². The van der Waals surface area contributed by atoms with Crippen LogP contribution in [0.2, 0.25) is 0 Å². The maximum Gasteiger partial charge on any atom is 0.291 e. The molecule has 4 rings (SSSR count). The number of hydrogen-bond donors (Lipinski definition) is 2. The molecule has 6 nitrogen and oxygen atoms in total. The van der Waals surface area contributed by atoms with Crippen LogP contribution in [0.15, 0.2) is 52.1 Å². The first kappa shape index (κ1) is 22.7. The summed E-state index contributed by atoms with van der Waals surface area (Å²) < 4.78 is 5.12. The molecule has 1 aromatic carbocycles. The fourth-order valence-electron chi connectivity index (χ4n) is 4.65. The van der Waals surface area contributed by atoms with Crippen LogP contribution in [-0.4, -0.2) is 36.9 Å². The van der Waals surface area contributed by atoms with E-state index in [1.807, 2.05) is 31.3 Å². The smallest absolute Gasteiger partial charge is 0.291 e. The van der Waals surface area contributed by atoms with Crippen LogP contribution in [0.25, 0.3) is 0 Å². The van der Waals surface area contributed by atoms with Crippen molar-refractivity contribution in [2.45, 2.75) is 45.1 Å². The molecule has 2 fully saturated rings. The number of benzene rings is 1. The van der Waals surface area contributed by atoms with E-state index in [9.17, 15) is 4.79 Å². The topological polar surface area (TPSA) is 69.9 Å². The summed E-state index contributed by atoms with van der Waals surface area (Å²) in [5, 5.41) is 6.35. The summed E-state index contributed by atoms with van der Waals surface area (Å²) >= 11 is 0. The van der Waals surface area contributed by atoms with Gasteiger partial charge in [-0.15, -0.1) is 24.0 Å². The number of anilines is 1. The van der Waals surface area contributed by atoms with Crippen molar-refractivity contribution in [2.75, 3.05) is 25.5 Å². The van der Waals surface area contributed by atoms with E-state index in [1.165, 1.54) is 44.8 Å². The fraction of sp³-hybridized carbons (Fsp3) is 0.478. The second-order valence-corrected chi connectivity index (χ2v) is 8.26. The lowest BCUT2D eigenvalue weighted by atomic mass is 9.73. The molecule has 0 radical (unpaired) electrons. The Labute approximate surface area is 195 Å². The standard InChI is InChI=1S/C23H30N4O2.HI/c1-24-22(27-14-13-23(17-27)11-3-2-4-12-23)25-16-18-7-9-19(10-8-18)26-21(28)20-6-5-15-29-20;/h5-10,15H,2-4,11-14,16-17H2,1H3,(H,24,25)(H,26,28);1H. The number of halogens is 1. The number of guanidine groups is 1. The highest BCUT2D eigenvalue weighted by molar-refractivity contribution is 14.0. The van der Waals surface area contributed by atoms with Gasteiger partial charge in [-0.2, -0.15) is 0 Å². The maximum atomic E-state index is 12.1. The first-order chi connectivity index (χ1) is 14.2. The predicted molar refractivity (Wildman–Crippen MR) is 130 cm³/mol. The number of furan rings is 1. The molecule has 2 heterocycles. The van der Waals surface area contributed by atoms with E-state index in [0.29, 0.717) is 17.7 Å². The summed E-state index contributed by atoms with van der Waals surface area (Å²) in [6.45, 7) is 2.93. The maximum absolute atomic E-state index is 12.1. The van der Waals surface area contributed by atoms with Gasteiger partial charge in [0.05, 0.1) is 6.26 Å². The van der Waals surface area contributed by atoms with E-state index < -0.39 is 0 Å². The minimum atomic E-state index is -0.244. The second kappa shape index (κ2) is 10.3. The molecule has 162 valence electrons. The van der Waals surface area contributed by atoms with Gasteiger partial charge in [0.2, 0.25) is 0 Å². The zero-order valence-electron chi connectivity index (χ0n) is 17.5. The van der Waals surface area contributed by atoms with Crippen LogP contribution < -0.4 is 10.6 Å². The monoisotopic (exact) mass is 522 g/mol. The normalized spacial score (nSPS) is 18.2. The molecular weight excluding hydrogens is 491 g/mol.